The number of piperidine rings is 1. The molecule has 1 N–H and O–H groups in total. The highest BCUT2D eigenvalue weighted by Crippen LogP contribution is 2.29. The van der Waals surface area contributed by atoms with Crippen molar-refractivity contribution in [2.24, 2.45) is 0 Å². The lowest BCUT2D eigenvalue weighted by atomic mass is 9.97. The van der Waals surface area contributed by atoms with E-state index in [-0.39, 0.29) is 18.0 Å². The van der Waals surface area contributed by atoms with Gasteiger partial charge in [0.25, 0.3) is 0 Å². The summed E-state index contributed by atoms with van der Waals surface area (Å²) in [4.78, 5) is 18.6. The zero-order chi connectivity index (χ0) is 16.2. The molecule has 2 heterocycles. The molecule has 1 aliphatic heterocycles. The van der Waals surface area contributed by atoms with Crippen LogP contribution in [0, 0.1) is 0 Å². The SMILES string of the molecule is COC[C@@H](C)NC(=O)N1CCC(c2nc3ccccc3o2)CC1. The highest BCUT2D eigenvalue weighted by atomic mass is 16.5. The molecule has 1 aromatic heterocycles. The van der Waals surface area contributed by atoms with Crippen molar-refractivity contribution in [1.82, 2.24) is 15.2 Å². The van der Waals surface area contributed by atoms with E-state index >= 15 is 0 Å². The van der Waals surface area contributed by atoms with E-state index in [2.05, 4.69) is 10.3 Å². The number of hydrogen-bond donors (Lipinski definition) is 1. The topological polar surface area (TPSA) is 67.6 Å². The number of para-hydroxylation sites is 2. The Morgan fingerprint density at radius 1 is 1.43 bits per heavy atom. The van der Waals surface area contributed by atoms with Gasteiger partial charge in [0.1, 0.15) is 5.52 Å². The predicted octanol–water partition coefficient (Wildman–Crippen LogP) is 2.75. The summed E-state index contributed by atoms with van der Waals surface area (Å²) in [7, 11) is 1.63. The first-order valence-electron chi connectivity index (χ1n) is 8.07. The molecule has 124 valence electrons. The molecule has 1 aliphatic rings. The van der Waals surface area contributed by atoms with E-state index in [4.69, 9.17) is 9.15 Å². The fourth-order valence-corrected chi connectivity index (χ4v) is 2.99. The first-order valence-corrected chi connectivity index (χ1v) is 8.07. The number of nitrogens with one attached hydrogen (secondary N) is 1. The summed E-state index contributed by atoms with van der Waals surface area (Å²) in [6, 6.07) is 7.80. The summed E-state index contributed by atoms with van der Waals surface area (Å²) in [5.74, 6) is 1.07. The largest absolute Gasteiger partial charge is 0.440 e. The molecule has 1 atom stereocenters. The van der Waals surface area contributed by atoms with E-state index in [1.165, 1.54) is 0 Å². The summed E-state index contributed by atoms with van der Waals surface area (Å²) in [6.07, 6.45) is 1.75. The van der Waals surface area contributed by atoms with Crippen LogP contribution >= 0.6 is 0 Å². The van der Waals surface area contributed by atoms with Crippen molar-refractivity contribution in [3.8, 4) is 0 Å². The van der Waals surface area contributed by atoms with Gasteiger partial charge in [0, 0.05) is 26.1 Å². The zero-order valence-corrected chi connectivity index (χ0v) is 13.6. The van der Waals surface area contributed by atoms with Crippen LogP contribution in [0.2, 0.25) is 0 Å². The molecule has 0 aliphatic carbocycles. The van der Waals surface area contributed by atoms with Gasteiger partial charge >= 0.3 is 6.03 Å². The number of benzene rings is 1. The molecular formula is C17H23N3O3. The number of ether oxygens (including phenoxy) is 1. The van der Waals surface area contributed by atoms with Crippen LogP contribution in [0.15, 0.2) is 28.7 Å². The molecule has 0 unspecified atom stereocenters. The van der Waals surface area contributed by atoms with E-state index in [0.717, 1.165) is 42.9 Å². The average molecular weight is 317 g/mol. The maximum atomic E-state index is 12.2. The predicted molar refractivity (Wildman–Crippen MR) is 87.4 cm³/mol. The van der Waals surface area contributed by atoms with Crippen LogP contribution in [-0.2, 0) is 4.74 Å². The molecule has 2 amide bonds. The quantitative estimate of drug-likeness (QED) is 0.941. The molecule has 3 rings (SSSR count). The zero-order valence-electron chi connectivity index (χ0n) is 13.6. The number of oxazole rings is 1. The van der Waals surface area contributed by atoms with Gasteiger partial charge in [-0.15, -0.1) is 0 Å². The molecular weight excluding hydrogens is 294 g/mol. The number of fused-ring (bicyclic) bond motifs is 1. The molecule has 0 saturated carbocycles. The first-order chi connectivity index (χ1) is 11.2. The normalized spacial score (nSPS) is 17.4. The molecule has 6 heteroatoms. The minimum atomic E-state index is -0.0226. The Labute approximate surface area is 135 Å². The maximum absolute atomic E-state index is 12.2. The summed E-state index contributed by atoms with van der Waals surface area (Å²) >= 11 is 0. The van der Waals surface area contributed by atoms with Gasteiger partial charge in [-0.2, -0.15) is 0 Å². The van der Waals surface area contributed by atoms with Gasteiger partial charge in [0.15, 0.2) is 11.5 Å². The number of methoxy groups -OCH3 is 1. The molecule has 0 radical (unpaired) electrons. The molecule has 0 spiro atoms. The monoisotopic (exact) mass is 317 g/mol. The summed E-state index contributed by atoms with van der Waals surface area (Å²) in [6.45, 7) is 3.89. The lowest BCUT2D eigenvalue weighted by Crippen LogP contribution is -2.48. The lowest BCUT2D eigenvalue weighted by Gasteiger charge is -2.31. The smallest absolute Gasteiger partial charge is 0.317 e. The minimum Gasteiger partial charge on any atom is -0.440 e. The van der Waals surface area contributed by atoms with Crippen LogP contribution < -0.4 is 5.32 Å². The van der Waals surface area contributed by atoms with Crippen molar-refractivity contribution in [3.05, 3.63) is 30.2 Å². The summed E-state index contributed by atoms with van der Waals surface area (Å²) < 4.78 is 10.9. The second-order valence-corrected chi connectivity index (χ2v) is 6.09. The number of urea groups is 1. The number of carbonyl (C=O) groups is 1. The summed E-state index contributed by atoms with van der Waals surface area (Å²) in [5, 5.41) is 2.95. The van der Waals surface area contributed by atoms with Gasteiger partial charge in [-0.3, -0.25) is 0 Å². The number of hydrogen-bond acceptors (Lipinski definition) is 4. The Hall–Kier alpha value is -2.08. The molecule has 0 bridgehead atoms. The fourth-order valence-electron chi connectivity index (χ4n) is 2.99. The lowest BCUT2D eigenvalue weighted by molar-refractivity contribution is 0.151. The van der Waals surface area contributed by atoms with Crippen molar-refractivity contribution in [3.63, 3.8) is 0 Å². The van der Waals surface area contributed by atoms with Crippen LogP contribution in [0.5, 0.6) is 0 Å². The third-order valence-corrected chi connectivity index (χ3v) is 4.23. The average Bonchev–Trinajstić information content (AvgIpc) is 2.99. The van der Waals surface area contributed by atoms with Crippen LogP contribution in [-0.4, -0.2) is 48.8 Å². The second-order valence-electron chi connectivity index (χ2n) is 6.09. The third-order valence-electron chi connectivity index (χ3n) is 4.23. The third kappa shape index (κ3) is 3.64. The molecule has 6 nitrogen and oxygen atoms in total. The van der Waals surface area contributed by atoms with E-state index in [1.54, 1.807) is 7.11 Å². The molecule has 1 aromatic carbocycles. The fraction of sp³-hybridized carbons (Fsp3) is 0.529. The number of rotatable bonds is 4. The maximum Gasteiger partial charge on any atom is 0.317 e. The standard InChI is InChI=1S/C17H23N3O3/c1-12(11-22-2)18-17(21)20-9-7-13(8-10-20)16-19-14-5-3-4-6-15(14)23-16/h3-6,12-13H,7-11H2,1-2H3,(H,18,21)/t12-/m1/s1. The van der Waals surface area contributed by atoms with E-state index in [1.807, 2.05) is 36.1 Å². The van der Waals surface area contributed by atoms with Crippen LogP contribution in [0.4, 0.5) is 4.79 Å². The van der Waals surface area contributed by atoms with Gasteiger partial charge in [-0.05, 0) is 31.9 Å². The van der Waals surface area contributed by atoms with Gasteiger partial charge in [-0.25, -0.2) is 9.78 Å². The molecule has 2 aromatic rings. The van der Waals surface area contributed by atoms with E-state index in [9.17, 15) is 4.79 Å². The molecule has 1 saturated heterocycles. The van der Waals surface area contributed by atoms with E-state index < -0.39 is 0 Å². The Morgan fingerprint density at radius 3 is 2.87 bits per heavy atom. The number of likely N-dealkylation sites (tertiary alicyclic amines) is 1. The number of aromatic nitrogens is 1. The Balaban J connectivity index is 1.56. The highest BCUT2D eigenvalue weighted by Gasteiger charge is 2.27. The van der Waals surface area contributed by atoms with Gasteiger partial charge in [0.2, 0.25) is 0 Å². The molecule has 23 heavy (non-hydrogen) atoms. The number of carbonyl (C=O) groups excluding carboxylic acids is 1. The van der Waals surface area contributed by atoms with Crippen LogP contribution in [0.3, 0.4) is 0 Å². The Morgan fingerprint density at radius 2 is 2.17 bits per heavy atom. The van der Waals surface area contributed by atoms with Gasteiger partial charge in [0.05, 0.1) is 12.6 Å². The molecule has 1 fully saturated rings. The van der Waals surface area contributed by atoms with Crippen LogP contribution in [0.25, 0.3) is 11.1 Å². The van der Waals surface area contributed by atoms with Crippen molar-refractivity contribution >= 4 is 17.1 Å². The van der Waals surface area contributed by atoms with Crippen molar-refractivity contribution in [2.75, 3.05) is 26.8 Å². The first kappa shape index (κ1) is 15.8. The van der Waals surface area contributed by atoms with Crippen LogP contribution in [0.1, 0.15) is 31.6 Å². The van der Waals surface area contributed by atoms with Gasteiger partial charge in [-0.1, -0.05) is 12.1 Å². The highest BCUT2D eigenvalue weighted by molar-refractivity contribution is 5.74. The summed E-state index contributed by atoms with van der Waals surface area (Å²) in [5.41, 5.74) is 1.73. The van der Waals surface area contributed by atoms with E-state index in [0.29, 0.717) is 6.61 Å². The number of nitrogens with zero attached hydrogens (tertiary/aromatic N) is 2. The Kier molecular flexibility index (Phi) is 4.81. The second kappa shape index (κ2) is 7.00. The van der Waals surface area contributed by atoms with Crippen molar-refractivity contribution in [1.29, 1.82) is 0 Å². The Bertz CT molecular complexity index is 629. The van der Waals surface area contributed by atoms with Gasteiger partial charge < -0.3 is 19.4 Å². The van der Waals surface area contributed by atoms with Crippen molar-refractivity contribution in [2.45, 2.75) is 31.7 Å². The van der Waals surface area contributed by atoms with Crippen molar-refractivity contribution < 1.29 is 13.9 Å². The number of amides is 2. The minimum absolute atomic E-state index is 0.0160.